The summed E-state index contributed by atoms with van der Waals surface area (Å²) >= 11 is 0. The summed E-state index contributed by atoms with van der Waals surface area (Å²) in [6, 6.07) is 0. The third-order valence-electron chi connectivity index (χ3n) is 0.586. The van der Waals surface area contributed by atoms with Crippen molar-refractivity contribution < 1.29 is 19.5 Å². The van der Waals surface area contributed by atoms with Crippen LogP contribution >= 0.6 is 0 Å². The quantitative estimate of drug-likeness (QED) is 0.360. The fourth-order valence-corrected chi connectivity index (χ4v) is 0.340. The topological polar surface area (TPSA) is 0 Å². The van der Waals surface area contributed by atoms with Crippen LogP contribution in [-0.4, -0.2) is 0 Å². The average molecular weight is 146 g/mol. The second kappa shape index (κ2) is 6.10. The van der Waals surface area contributed by atoms with Gasteiger partial charge >= 0.3 is 19.5 Å². The molecule has 0 aromatic rings. The first-order valence-corrected chi connectivity index (χ1v) is 1.72. The Morgan fingerprint density at radius 1 is 1.43 bits per heavy atom. The van der Waals surface area contributed by atoms with Crippen molar-refractivity contribution in [3.63, 3.8) is 0 Å². The second-order valence-electron chi connectivity index (χ2n) is 1.00. The number of rotatable bonds is 0. The van der Waals surface area contributed by atoms with E-state index in [1.54, 1.807) is 0 Å². The van der Waals surface area contributed by atoms with Gasteiger partial charge < -0.3 is 7.43 Å². The zero-order valence-corrected chi connectivity index (χ0v) is 7.61. The minimum absolute atomic E-state index is 0. The zero-order chi connectivity index (χ0) is 3.54. The molecule has 0 heterocycles. The summed E-state index contributed by atoms with van der Waals surface area (Å²) < 4.78 is 0. The molecule has 0 radical (unpaired) electrons. The van der Waals surface area contributed by atoms with Gasteiger partial charge in [0.1, 0.15) is 0 Å². The first kappa shape index (κ1) is 10.2. The second-order valence-corrected chi connectivity index (χ2v) is 1.00. The van der Waals surface area contributed by atoms with Crippen LogP contribution in [0.4, 0.5) is 0 Å². The Hall–Kier alpha value is 0.103. The SMILES string of the molecule is [C-]1=CC=CC1.[CH3-].[Zn+2]. The molecular weight excluding hydrogens is 137 g/mol. The smallest absolute Gasteiger partial charge is 0.358 e. The predicted octanol–water partition coefficient (Wildman–Crippen LogP) is 1.75. The van der Waals surface area contributed by atoms with Crippen LogP contribution in [0.1, 0.15) is 6.42 Å². The molecule has 0 unspecified atom stereocenters. The molecule has 0 fully saturated rings. The van der Waals surface area contributed by atoms with E-state index in [1.165, 1.54) is 0 Å². The van der Waals surface area contributed by atoms with Gasteiger partial charge in [0, 0.05) is 0 Å². The molecule has 0 amide bonds. The molecule has 1 heteroatoms. The molecular formula is C6H8Zn. The predicted molar refractivity (Wildman–Crippen MR) is 28.0 cm³/mol. The zero-order valence-electron chi connectivity index (χ0n) is 4.65. The molecule has 0 saturated heterocycles. The molecule has 0 saturated carbocycles. The van der Waals surface area contributed by atoms with Gasteiger partial charge in [-0.15, -0.1) is 6.42 Å². The molecule has 0 spiro atoms. The molecule has 0 N–H and O–H groups in total. The number of allylic oxidation sites excluding steroid dienone is 4. The third-order valence-corrected chi connectivity index (χ3v) is 0.586. The van der Waals surface area contributed by atoms with Crippen LogP contribution < -0.4 is 0 Å². The molecule has 34 valence electrons. The Morgan fingerprint density at radius 2 is 2.14 bits per heavy atom. The van der Waals surface area contributed by atoms with E-state index in [4.69, 9.17) is 0 Å². The van der Waals surface area contributed by atoms with Crippen molar-refractivity contribution in [2.75, 3.05) is 0 Å². The number of hydrogen-bond acceptors (Lipinski definition) is 0. The first-order chi connectivity index (χ1) is 2.50. The monoisotopic (exact) mass is 144 g/mol. The molecule has 0 aromatic heterocycles. The van der Waals surface area contributed by atoms with Crippen LogP contribution in [0.25, 0.3) is 0 Å². The van der Waals surface area contributed by atoms with E-state index in [-0.39, 0.29) is 26.9 Å². The van der Waals surface area contributed by atoms with Crippen LogP contribution in [0, 0.1) is 13.5 Å². The standard InChI is InChI=1S/C5H5.CH3.Zn/c1-2-4-5-3-1;;/h1-3H,4H2;1H3;/q2*-1;+2. The number of hydrogen-bond donors (Lipinski definition) is 0. The molecule has 1 aliphatic rings. The van der Waals surface area contributed by atoms with Crippen LogP contribution in [0.2, 0.25) is 0 Å². The first-order valence-electron chi connectivity index (χ1n) is 1.72. The van der Waals surface area contributed by atoms with Crippen molar-refractivity contribution in [3.8, 4) is 0 Å². The summed E-state index contributed by atoms with van der Waals surface area (Å²) in [6.07, 6.45) is 10.0. The van der Waals surface area contributed by atoms with Crippen molar-refractivity contribution >= 4 is 0 Å². The summed E-state index contributed by atoms with van der Waals surface area (Å²) in [5.41, 5.74) is 0. The Kier molecular flexibility index (Phi) is 8.86. The Balaban J connectivity index is 0. The maximum atomic E-state index is 2.99. The van der Waals surface area contributed by atoms with Gasteiger partial charge in [-0.1, -0.05) is 0 Å². The van der Waals surface area contributed by atoms with Crippen LogP contribution in [0.3, 0.4) is 0 Å². The summed E-state index contributed by atoms with van der Waals surface area (Å²) in [4.78, 5) is 0. The molecule has 0 nitrogen and oxygen atoms in total. The van der Waals surface area contributed by atoms with Crippen molar-refractivity contribution in [3.05, 3.63) is 31.7 Å². The van der Waals surface area contributed by atoms with Gasteiger partial charge in [0.2, 0.25) is 0 Å². The summed E-state index contributed by atoms with van der Waals surface area (Å²) in [7, 11) is 0. The van der Waals surface area contributed by atoms with Gasteiger partial charge in [-0.25, -0.2) is 12.2 Å². The van der Waals surface area contributed by atoms with E-state index in [9.17, 15) is 0 Å². The molecule has 0 aromatic carbocycles. The summed E-state index contributed by atoms with van der Waals surface area (Å²) in [5, 5.41) is 0. The van der Waals surface area contributed by atoms with Gasteiger partial charge in [-0.3, -0.25) is 6.08 Å². The third kappa shape index (κ3) is 3.95. The van der Waals surface area contributed by atoms with Gasteiger partial charge in [0.15, 0.2) is 0 Å². The molecule has 1 aliphatic carbocycles. The molecule has 7 heavy (non-hydrogen) atoms. The Bertz CT molecular complexity index is 62.2. The molecule has 0 aliphatic heterocycles. The van der Waals surface area contributed by atoms with Gasteiger partial charge in [-0.05, 0) is 0 Å². The van der Waals surface area contributed by atoms with Crippen molar-refractivity contribution in [2.24, 2.45) is 0 Å². The largest absolute Gasteiger partial charge is 2.00 e. The van der Waals surface area contributed by atoms with Gasteiger partial charge in [-0.2, -0.15) is 6.08 Å². The molecule has 0 atom stereocenters. The Labute approximate surface area is 58.1 Å². The van der Waals surface area contributed by atoms with Gasteiger partial charge in [0.25, 0.3) is 0 Å². The van der Waals surface area contributed by atoms with Crippen LogP contribution in [0.5, 0.6) is 0 Å². The Morgan fingerprint density at radius 3 is 2.29 bits per heavy atom. The normalized spacial score (nSPS) is 12.6. The van der Waals surface area contributed by atoms with Crippen molar-refractivity contribution in [1.82, 2.24) is 0 Å². The maximum Gasteiger partial charge on any atom is 2.00 e. The fourth-order valence-electron chi connectivity index (χ4n) is 0.340. The average Bonchev–Trinajstić information content (AvgIpc) is 1.76. The van der Waals surface area contributed by atoms with Crippen LogP contribution in [0.15, 0.2) is 18.2 Å². The minimum atomic E-state index is 0. The molecule has 0 bridgehead atoms. The van der Waals surface area contributed by atoms with Crippen LogP contribution in [-0.2, 0) is 19.5 Å². The summed E-state index contributed by atoms with van der Waals surface area (Å²) in [5.74, 6) is 0. The van der Waals surface area contributed by atoms with E-state index >= 15 is 0 Å². The minimum Gasteiger partial charge on any atom is -0.358 e. The van der Waals surface area contributed by atoms with E-state index in [0.717, 1.165) is 6.42 Å². The van der Waals surface area contributed by atoms with Gasteiger partial charge in [0.05, 0.1) is 0 Å². The maximum absolute atomic E-state index is 2.99. The van der Waals surface area contributed by atoms with Crippen molar-refractivity contribution in [1.29, 1.82) is 0 Å². The van der Waals surface area contributed by atoms with E-state index in [1.807, 2.05) is 12.2 Å². The van der Waals surface area contributed by atoms with Crippen molar-refractivity contribution in [2.45, 2.75) is 6.42 Å². The van der Waals surface area contributed by atoms with E-state index < -0.39 is 0 Å². The summed E-state index contributed by atoms with van der Waals surface area (Å²) in [6.45, 7) is 0. The van der Waals surface area contributed by atoms with E-state index in [0.29, 0.717) is 0 Å². The molecule has 1 rings (SSSR count). The fraction of sp³-hybridized carbons (Fsp3) is 0.167. The van der Waals surface area contributed by atoms with E-state index in [2.05, 4.69) is 12.2 Å².